The third kappa shape index (κ3) is 1.59. The predicted molar refractivity (Wildman–Crippen MR) is 41.0 cm³/mol. The molecule has 0 aromatic heterocycles. The zero-order valence-corrected chi connectivity index (χ0v) is 6.86. The van der Waals surface area contributed by atoms with Crippen molar-refractivity contribution in [3.05, 3.63) is 0 Å². The molecule has 54 valence electrons. The van der Waals surface area contributed by atoms with Gasteiger partial charge in [-0.3, -0.25) is 4.90 Å². The van der Waals surface area contributed by atoms with Crippen LogP contribution in [0.3, 0.4) is 0 Å². The number of alkyl halides is 1. The van der Waals surface area contributed by atoms with Crippen molar-refractivity contribution in [3.63, 3.8) is 0 Å². The van der Waals surface area contributed by atoms with Crippen LogP contribution in [0.15, 0.2) is 0 Å². The van der Waals surface area contributed by atoms with Gasteiger partial charge in [0.1, 0.15) is 0 Å². The smallest absolute Gasteiger partial charge is 0.0235 e. The van der Waals surface area contributed by atoms with E-state index in [0.717, 1.165) is 24.4 Å². The summed E-state index contributed by atoms with van der Waals surface area (Å²) in [5.41, 5.74) is 0. The molecule has 1 heterocycles. The van der Waals surface area contributed by atoms with Gasteiger partial charge in [0.05, 0.1) is 0 Å². The van der Waals surface area contributed by atoms with E-state index in [1.54, 1.807) is 0 Å². The van der Waals surface area contributed by atoms with Crippen LogP contribution in [0.25, 0.3) is 0 Å². The zero-order chi connectivity index (χ0) is 6.85. The monoisotopic (exact) mass is 147 g/mol. The normalized spacial score (nSPS) is 41.0. The standard InChI is InChI=1S/C7H14ClN/c1-6-7(2)9(6)5-3-4-8/h6-7H,3-5H2,1-2H3. The lowest BCUT2D eigenvalue weighted by Gasteiger charge is -1.96. The third-order valence-corrected chi connectivity index (χ3v) is 2.47. The van der Waals surface area contributed by atoms with Gasteiger partial charge in [-0.25, -0.2) is 0 Å². The summed E-state index contributed by atoms with van der Waals surface area (Å²) in [6.45, 7) is 5.71. The Bertz CT molecular complexity index is 86.9. The first-order valence-electron chi connectivity index (χ1n) is 3.59. The summed E-state index contributed by atoms with van der Waals surface area (Å²) < 4.78 is 0. The summed E-state index contributed by atoms with van der Waals surface area (Å²) in [5.74, 6) is 0.802. The molecular formula is C7H14ClN. The van der Waals surface area contributed by atoms with Gasteiger partial charge in [0.15, 0.2) is 0 Å². The molecule has 1 aliphatic heterocycles. The molecule has 0 aromatic carbocycles. The Hall–Kier alpha value is 0.250. The molecule has 2 unspecified atom stereocenters. The highest BCUT2D eigenvalue weighted by Gasteiger charge is 2.38. The predicted octanol–water partition coefficient (Wildman–Crippen LogP) is 1.71. The quantitative estimate of drug-likeness (QED) is 0.434. The van der Waals surface area contributed by atoms with E-state index in [1.807, 2.05) is 0 Å². The summed E-state index contributed by atoms with van der Waals surface area (Å²) >= 11 is 5.54. The zero-order valence-electron chi connectivity index (χ0n) is 6.10. The van der Waals surface area contributed by atoms with Crippen molar-refractivity contribution in [1.82, 2.24) is 4.90 Å². The molecule has 0 aromatic rings. The summed E-state index contributed by atoms with van der Waals surface area (Å²) in [7, 11) is 0. The maximum absolute atomic E-state index is 5.54. The largest absolute Gasteiger partial charge is 0.295 e. The molecule has 1 fully saturated rings. The van der Waals surface area contributed by atoms with E-state index in [4.69, 9.17) is 11.6 Å². The molecule has 2 atom stereocenters. The maximum atomic E-state index is 5.54. The van der Waals surface area contributed by atoms with E-state index in [2.05, 4.69) is 18.7 Å². The molecule has 1 aliphatic rings. The number of nitrogens with zero attached hydrogens (tertiary/aromatic N) is 1. The molecular weight excluding hydrogens is 134 g/mol. The first kappa shape index (κ1) is 7.36. The summed E-state index contributed by atoms with van der Waals surface area (Å²) in [6.07, 6.45) is 1.14. The molecule has 1 saturated heterocycles. The third-order valence-electron chi connectivity index (χ3n) is 2.20. The second-order valence-corrected chi connectivity index (χ2v) is 3.14. The van der Waals surface area contributed by atoms with Crippen molar-refractivity contribution < 1.29 is 0 Å². The summed E-state index contributed by atoms with van der Waals surface area (Å²) in [6, 6.07) is 1.63. The second kappa shape index (κ2) is 2.89. The fraction of sp³-hybridized carbons (Fsp3) is 1.00. The van der Waals surface area contributed by atoms with Crippen LogP contribution in [0.1, 0.15) is 20.3 Å². The van der Waals surface area contributed by atoms with Crippen LogP contribution in [-0.4, -0.2) is 29.4 Å². The number of hydrogen-bond donors (Lipinski definition) is 0. The van der Waals surface area contributed by atoms with Crippen molar-refractivity contribution in [2.24, 2.45) is 0 Å². The highest BCUT2D eigenvalue weighted by Crippen LogP contribution is 2.26. The van der Waals surface area contributed by atoms with Crippen LogP contribution < -0.4 is 0 Å². The fourth-order valence-corrected chi connectivity index (χ4v) is 1.35. The Morgan fingerprint density at radius 1 is 1.33 bits per heavy atom. The van der Waals surface area contributed by atoms with Gasteiger partial charge >= 0.3 is 0 Å². The topological polar surface area (TPSA) is 3.01 Å². The van der Waals surface area contributed by atoms with Crippen LogP contribution in [0, 0.1) is 0 Å². The minimum atomic E-state index is 0.802. The molecule has 2 heteroatoms. The minimum absolute atomic E-state index is 0.802. The number of halogens is 1. The van der Waals surface area contributed by atoms with Crippen molar-refractivity contribution >= 4 is 11.6 Å². The summed E-state index contributed by atoms with van der Waals surface area (Å²) in [5, 5.41) is 0. The van der Waals surface area contributed by atoms with E-state index in [0.29, 0.717) is 0 Å². The van der Waals surface area contributed by atoms with E-state index >= 15 is 0 Å². The van der Waals surface area contributed by atoms with Gasteiger partial charge in [-0.15, -0.1) is 11.6 Å². The molecule has 9 heavy (non-hydrogen) atoms. The molecule has 0 radical (unpaired) electrons. The lowest BCUT2D eigenvalue weighted by atomic mass is 10.4. The van der Waals surface area contributed by atoms with Crippen LogP contribution in [0.5, 0.6) is 0 Å². The highest BCUT2D eigenvalue weighted by atomic mass is 35.5. The molecule has 1 nitrogen and oxygen atoms in total. The maximum Gasteiger partial charge on any atom is 0.0235 e. The highest BCUT2D eigenvalue weighted by molar-refractivity contribution is 6.17. The minimum Gasteiger partial charge on any atom is -0.295 e. The molecule has 0 N–H and O–H groups in total. The van der Waals surface area contributed by atoms with E-state index in [9.17, 15) is 0 Å². The van der Waals surface area contributed by atoms with Crippen molar-refractivity contribution in [3.8, 4) is 0 Å². The first-order valence-corrected chi connectivity index (χ1v) is 4.12. The first-order chi connectivity index (χ1) is 4.27. The molecule has 0 spiro atoms. The lowest BCUT2D eigenvalue weighted by molar-refractivity contribution is 0.490. The van der Waals surface area contributed by atoms with Gasteiger partial charge in [-0.05, 0) is 26.8 Å². The van der Waals surface area contributed by atoms with Gasteiger partial charge < -0.3 is 0 Å². The molecule has 0 amide bonds. The summed E-state index contributed by atoms with van der Waals surface area (Å²) in [4.78, 5) is 2.46. The Kier molecular flexibility index (Phi) is 2.36. The van der Waals surface area contributed by atoms with Gasteiger partial charge in [-0.1, -0.05) is 0 Å². The van der Waals surface area contributed by atoms with Gasteiger partial charge in [-0.2, -0.15) is 0 Å². The Labute approximate surface area is 62.0 Å². The second-order valence-electron chi connectivity index (χ2n) is 2.76. The molecule has 0 bridgehead atoms. The van der Waals surface area contributed by atoms with Crippen LogP contribution in [0.2, 0.25) is 0 Å². The van der Waals surface area contributed by atoms with Crippen molar-refractivity contribution in [1.29, 1.82) is 0 Å². The van der Waals surface area contributed by atoms with Crippen LogP contribution >= 0.6 is 11.6 Å². The van der Waals surface area contributed by atoms with Gasteiger partial charge in [0, 0.05) is 18.0 Å². The Morgan fingerprint density at radius 2 is 1.89 bits per heavy atom. The van der Waals surface area contributed by atoms with E-state index in [-0.39, 0.29) is 0 Å². The molecule has 1 rings (SSSR count). The number of rotatable bonds is 3. The van der Waals surface area contributed by atoms with Crippen molar-refractivity contribution in [2.45, 2.75) is 32.4 Å². The fourth-order valence-electron chi connectivity index (χ4n) is 1.23. The Balaban J connectivity index is 2.04. The molecule has 0 aliphatic carbocycles. The lowest BCUT2D eigenvalue weighted by Crippen LogP contribution is -2.03. The van der Waals surface area contributed by atoms with Crippen molar-refractivity contribution in [2.75, 3.05) is 12.4 Å². The van der Waals surface area contributed by atoms with E-state index in [1.165, 1.54) is 6.54 Å². The van der Waals surface area contributed by atoms with E-state index < -0.39 is 0 Å². The SMILES string of the molecule is CC1C(C)N1CCCCl. The average Bonchev–Trinajstić information content (AvgIpc) is 2.39. The van der Waals surface area contributed by atoms with Gasteiger partial charge in [0.25, 0.3) is 0 Å². The van der Waals surface area contributed by atoms with Crippen LogP contribution in [-0.2, 0) is 0 Å². The van der Waals surface area contributed by atoms with Crippen LogP contribution in [0.4, 0.5) is 0 Å². The van der Waals surface area contributed by atoms with Gasteiger partial charge in [0.2, 0.25) is 0 Å². The average molecular weight is 148 g/mol. The molecule has 0 saturated carbocycles. The number of hydrogen-bond acceptors (Lipinski definition) is 1. The Morgan fingerprint density at radius 3 is 2.22 bits per heavy atom.